The first-order chi connectivity index (χ1) is 14.7. The van der Waals surface area contributed by atoms with E-state index in [1.807, 2.05) is 31.2 Å². The van der Waals surface area contributed by atoms with Crippen molar-refractivity contribution in [2.45, 2.75) is 26.3 Å². The normalized spacial score (nSPS) is 10.1. The minimum absolute atomic E-state index is 0. The van der Waals surface area contributed by atoms with Crippen molar-refractivity contribution in [1.29, 1.82) is 0 Å². The van der Waals surface area contributed by atoms with Crippen molar-refractivity contribution >= 4 is 65.5 Å². The molecule has 0 spiro atoms. The average molecular weight is 531 g/mol. The van der Waals surface area contributed by atoms with E-state index < -0.39 is 0 Å². The third-order valence-electron chi connectivity index (χ3n) is 4.52. The number of hydrogen-bond donors (Lipinski definition) is 3. The Morgan fingerprint density at radius 2 is 1.76 bits per heavy atom. The Labute approximate surface area is 214 Å². The molecule has 3 N–H and O–H groups in total. The molecule has 0 saturated heterocycles. The van der Waals surface area contributed by atoms with Crippen LogP contribution in [0.15, 0.2) is 42.0 Å². The van der Waals surface area contributed by atoms with E-state index in [1.54, 1.807) is 17.8 Å². The number of hydrogen-bond acceptors (Lipinski definition) is 7. The second-order valence-corrected chi connectivity index (χ2v) is 7.88. The van der Waals surface area contributed by atoms with E-state index in [9.17, 15) is 4.79 Å². The maximum Gasteiger partial charge on any atom is 0.271 e. The van der Waals surface area contributed by atoms with E-state index in [0.717, 1.165) is 53.4 Å². The van der Waals surface area contributed by atoms with Gasteiger partial charge in [0.1, 0.15) is 17.3 Å². The molecule has 0 fully saturated rings. The largest absolute Gasteiger partial charge is 0.343 e. The van der Waals surface area contributed by atoms with Crippen molar-refractivity contribution < 1.29 is 4.79 Å². The summed E-state index contributed by atoms with van der Waals surface area (Å²) < 4.78 is 0. The van der Waals surface area contributed by atoms with Gasteiger partial charge in [0, 0.05) is 43.7 Å². The number of nitrogens with zero attached hydrogens (tertiary/aromatic N) is 4. The maximum atomic E-state index is 12.3. The average Bonchev–Trinajstić information content (AvgIpc) is 3.39. The molecule has 0 aliphatic rings. The lowest BCUT2D eigenvalue weighted by atomic mass is 10.3. The predicted molar refractivity (Wildman–Crippen MR) is 138 cm³/mol. The Balaban J connectivity index is 0.00000181. The second-order valence-electron chi connectivity index (χ2n) is 6.94. The summed E-state index contributed by atoms with van der Waals surface area (Å²) in [6.07, 6.45) is 5.08. The first kappa shape index (κ1) is 28.7. The smallest absolute Gasteiger partial charge is 0.271 e. The topological polar surface area (TPSA) is 108 Å². The number of halogens is 3. The molecule has 178 valence electrons. The molecule has 4 rings (SSSR count). The van der Waals surface area contributed by atoms with Crippen molar-refractivity contribution in [1.82, 2.24) is 35.6 Å². The number of para-hydroxylation sites is 2. The van der Waals surface area contributed by atoms with E-state index in [-0.39, 0.29) is 49.7 Å². The molecular weight excluding hydrogens is 505 g/mol. The molecule has 0 saturated carbocycles. The molecule has 1 aromatic carbocycles. The number of benzene rings is 1. The molecular formula is C21H26Cl3N7OS. The standard InChI is InChI=1S/C21H23N7OS.3ClH/c1-14-10-23-19(24-11-14)12-25-21(29)17-13-30-20(28-17)7-9-22-8-6-18-26-15-4-2-3-5-16(15)27-18;;;/h2-5,10-11,13,22H,6-9,12H2,1H3,(H,25,29)(H,26,27);3*1H. The Morgan fingerprint density at radius 1 is 1.03 bits per heavy atom. The fourth-order valence-electron chi connectivity index (χ4n) is 2.94. The molecule has 3 aromatic heterocycles. The molecule has 0 aliphatic carbocycles. The molecule has 0 aliphatic heterocycles. The Kier molecular flexibility index (Phi) is 12.2. The molecule has 0 atom stereocenters. The van der Waals surface area contributed by atoms with Crippen LogP contribution in [-0.2, 0) is 19.4 Å². The highest BCUT2D eigenvalue weighted by molar-refractivity contribution is 7.09. The Hall–Kier alpha value is -2.30. The Bertz CT molecular complexity index is 1100. The van der Waals surface area contributed by atoms with Gasteiger partial charge in [-0.2, -0.15) is 0 Å². The van der Waals surface area contributed by atoms with Crippen LogP contribution in [0.5, 0.6) is 0 Å². The summed E-state index contributed by atoms with van der Waals surface area (Å²) in [6.45, 7) is 3.84. The Morgan fingerprint density at radius 3 is 2.52 bits per heavy atom. The monoisotopic (exact) mass is 529 g/mol. The van der Waals surface area contributed by atoms with Gasteiger partial charge in [0.15, 0.2) is 0 Å². The van der Waals surface area contributed by atoms with Crippen molar-refractivity contribution in [2.24, 2.45) is 0 Å². The van der Waals surface area contributed by atoms with Gasteiger partial charge in [0.25, 0.3) is 5.91 Å². The number of carbonyl (C=O) groups is 1. The molecule has 0 unspecified atom stereocenters. The number of rotatable bonds is 9. The van der Waals surface area contributed by atoms with Crippen LogP contribution in [0.3, 0.4) is 0 Å². The molecule has 12 heteroatoms. The number of imidazole rings is 1. The fourth-order valence-corrected chi connectivity index (χ4v) is 3.72. The van der Waals surface area contributed by atoms with Crippen LogP contribution in [0.1, 0.15) is 32.7 Å². The fraction of sp³-hybridized carbons (Fsp3) is 0.286. The molecule has 33 heavy (non-hydrogen) atoms. The van der Waals surface area contributed by atoms with Gasteiger partial charge in [-0.25, -0.2) is 19.9 Å². The van der Waals surface area contributed by atoms with E-state index in [4.69, 9.17) is 0 Å². The van der Waals surface area contributed by atoms with E-state index >= 15 is 0 Å². The van der Waals surface area contributed by atoms with Gasteiger partial charge in [-0.05, 0) is 24.6 Å². The van der Waals surface area contributed by atoms with E-state index in [2.05, 4.69) is 35.6 Å². The van der Waals surface area contributed by atoms with Gasteiger partial charge >= 0.3 is 0 Å². The van der Waals surface area contributed by atoms with Gasteiger partial charge in [-0.3, -0.25) is 4.79 Å². The minimum atomic E-state index is -0.209. The lowest BCUT2D eigenvalue weighted by Gasteiger charge is -2.02. The van der Waals surface area contributed by atoms with Gasteiger partial charge in [-0.15, -0.1) is 48.6 Å². The highest BCUT2D eigenvalue weighted by Crippen LogP contribution is 2.11. The maximum absolute atomic E-state index is 12.3. The van der Waals surface area contributed by atoms with E-state index in [1.165, 1.54) is 11.3 Å². The van der Waals surface area contributed by atoms with Crippen LogP contribution in [0.25, 0.3) is 11.0 Å². The summed E-state index contributed by atoms with van der Waals surface area (Å²) in [5.41, 5.74) is 3.48. The predicted octanol–water partition coefficient (Wildman–Crippen LogP) is 3.69. The highest BCUT2D eigenvalue weighted by Gasteiger charge is 2.11. The summed E-state index contributed by atoms with van der Waals surface area (Å²) in [5, 5.41) is 8.93. The van der Waals surface area contributed by atoms with Gasteiger partial charge in [-0.1, -0.05) is 12.1 Å². The summed E-state index contributed by atoms with van der Waals surface area (Å²) in [6, 6.07) is 8.03. The van der Waals surface area contributed by atoms with Gasteiger partial charge < -0.3 is 15.6 Å². The highest BCUT2D eigenvalue weighted by atomic mass is 35.5. The quantitative estimate of drug-likeness (QED) is 0.285. The first-order valence-electron chi connectivity index (χ1n) is 9.82. The number of aromatic nitrogens is 5. The summed E-state index contributed by atoms with van der Waals surface area (Å²) in [4.78, 5) is 33.0. The van der Waals surface area contributed by atoms with Crippen molar-refractivity contribution in [3.8, 4) is 0 Å². The number of fused-ring (bicyclic) bond motifs is 1. The van der Waals surface area contributed by atoms with Crippen LogP contribution in [0, 0.1) is 6.92 Å². The second kappa shape index (κ2) is 14.1. The number of H-pyrrole nitrogens is 1. The molecule has 4 aromatic rings. The third kappa shape index (κ3) is 8.21. The lowest BCUT2D eigenvalue weighted by molar-refractivity contribution is 0.0945. The van der Waals surface area contributed by atoms with Crippen LogP contribution in [0.2, 0.25) is 0 Å². The van der Waals surface area contributed by atoms with Gasteiger partial charge in [0.2, 0.25) is 0 Å². The molecule has 0 radical (unpaired) electrons. The van der Waals surface area contributed by atoms with Crippen LogP contribution >= 0.6 is 48.6 Å². The summed E-state index contributed by atoms with van der Waals surface area (Å²) in [7, 11) is 0. The van der Waals surface area contributed by atoms with Crippen LogP contribution in [-0.4, -0.2) is 43.9 Å². The zero-order valence-corrected chi connectivity index (χ0v) is 21.2. The number of carbonyl (C=O) groups excluding carboxylic acids is 1. The minimum Gasteiger partial charge on any atom is -0.343 e. The van der Waals surface area contributed by atoms with E-state index in [0.29, 0.717) is 11.5 Å². The van der Waals surface area contributed by atoms with Crippen molar-refractivity contribution in [3.63, 3.8) is 0 Å². The van der Waals surface area contributed by atoms with Crippen molar-refractivity contribution in [2.75, 3.05) is 13.1 Å². The number of aromatic amines is 1. The molecule has 1 amide bonds. The van der Waals surface area contributed by atoms with Gasteiger partial charge in [0.05, 0.1) is 22.6 Å². The number of amides is 1. The first-order valence-corrected chi connectivity index (χ1v) is 10.7. The van der Waals surface area contributed by atoms with Crippen molar-refractivity contribution in [3.05, 3.63) is 70.0 Å². The zero-order chi connectivity index (χ0) is 20.8. The third-order valence-corrected chi connectivity index (χ3v) is 5.43. The zero-order valence-electron chi connectivity index (χ0n) is 17.9. The SMILES string of the molecule is Cc1cnc(CNC(=O)c2csc(CCNCCc3nc4ccccc4[nH]3)n2)nc1.Cl.Cl.Cl. The molecule has 3 heterocycles. The molecule has 8 nitrogen and oxygen atoms in total. The lowest BCUT2D eigenvalue weighted by Crippen LogP contribution is -2.24. The van der Waals surface area contributed by atoms with Crippen LogP contribution < -0.4 is 10.6 Å². The number of aryl methyl sites for hydroxylation is 1. The number of thiazole rings is 1. The molecule has 0 bridgehead atoms. The summed E-state index contributed by atoms with van der Waals surface area (Å²) in [5.74, 6) is 1.35. The number of nitrogens with one attached hydrogen (secondary N) is 3. The van der Waals surface area contributed by atoms with Crippen LogP contribution in [0.4, 0.5) is 0 Å². The summed E-state index contributed by atoms with van der Waals surface area (Å²) >= 11 is 1.50.